The highest BCUT2D eigenvalue weighted by atomic mass is 16.5. The molecular formula is C14H32O6. The van der Waals surface area contributed by atoms with Crippen molar-refractivity contribution < 1.29 is 29.9 Å². The van der Waals surface area contributed by atoms with Crippen LogP contribution in [0.1, 0.15) is 34.1 Å². The zero-order valence-corrected chi connectivity index (χ0v) is 13.2. The summed E-state index contributed by atoms with van der Waals surface area (Å²) >= 11 is 0. The molecule has 4 atom stereocenters. The molecule has 0 aliphatic heterocycles. The molecule has 0 aliphatic carbocycles. The summed E-state index contributed by atoms with van der Waals surface area (Å²) in [6.07, 6.45) is -0.499. The quantitative estimate of drug-likeness (QED) is 0.429. The van der Waals surface area contributed by atoms with Gasteiger partial charge in [0.15, 0.2) is 0 Å². The summed E-state index contributed by atoms with van der Waals surface area (Å²) in [6.45, 7) is 8.82. The Hall–Kier alpha value is -0.240. The predicted octanol–water partition coefficient (Wildman–Crippen LogP) is 0.167. The molecular weight excluding hydrogens is 264 g/mol. The lowest BCUT2D eigenvalue weighted by molar-refractivity contribution is 0.0221. The second kappa shape index (κ2) is 15.2. The third-order valence-corrected chi connectivity index (χ3v) is 2.11. The summed E-state index contributed by atoms with van der Waals surface area (Å²) < 4.78 is 10.0. The molecule has 0 spiro atoms. The Bertz CT molecular complexity index is 175. The zero-order valence-electron chi connectivity index (χ0n) is 13.2. The van der Waals surface area contributed by atoms with Gasteiger partial charge in [-0.3, -0.25) is 0 Å². The molecule has 0 aliphatic rings. The van der Waals surface area contributed by atoms with E-state index in [0.717, 1.165) is 0 Å². The van der Waals surface area contributed by atoms with Crippen molar-refractivity contribution in [1.82, 2.24) is 0 Å². The SMILES string of the molecule is CC(O)CCOCC(C)O.CC(O)COCC(C)CO. The van der Waals surface area contributed by atoms with Crippen LogP contribution in [-0.4, -0.2) is 71.8 Å². The second-order valence-corrected chi connectivity index (χ2v) is 5.24. The fourth-order valence-electron chi connectivity index (χ4n) is 1.00. The van der Waals surface area contributed by atoms with Crippen molar-refractivity contribution >= 4 is 0 Å². The Kier molecular flexibility index (Phi) is 16.7. The van der Waals surface area contributed by atoms with Gasteiger partial charge in [0.05, 0.1) is 38.1 Å². The van der Waals surface area contributed by atoms with E-state index in [1.54, 1.807) is 20.8 Å². The molecule has 0 amide bonds. The van der Waals surface area contributed by atoms with Gasteiger partial charge < -0.3 is 29.9 Å². The van der Waals surface area contributed by atoms with Crippen LogP contribution in [0.3, 0.4) is 0 Å². The molecule has 0 heterocycles. The Labute approximate surface area is 122 Å². The summed E-state index contributed by atoms with van der Waals surface area (Å²) in [5.41, 5.74) is 0. The molecule has 124 valence electrons. The van der Waals surface area contributed by atoms with Gasteiger partial charge in [0.25, 0.3) is 0 Å². The van der Waals surface area contributed by atoms with Crippen LogP contribution in [0.15, 0.2) is 0 Å². The van der Waals surface area contributed by atoms with Gasteiger partial charge in [-0.05, 0) is 27.2 Å². The fourth-order valence-corrected chi connectivity index (χ4v) is 1.00. The molecule has 0 aromatic carbocycles. The van der Waals surface area contributed by atoms with E-state index in [4.69, 9.17) is 29.9 Å². The number of aliphatic hydroxyl groups excluding tert-OH is 4. The number of hydrogen-bond donors (Lipinski definition) is 4. The Morgan fingerprint density at radius 1 is 0.750 bits per heavy atom. The average Bonchev–Trinajstić information content (AvgIpc) is 2.34. The summed E-state index contributed by atoms with van der Waals surface area (Å²) in [7, 11) is 0. The van der Waals surface area contributed by atoms with Crippen molar-refractivity contribution in [2.75, 3.05) is 33.0 Å². The largest absolute Gasteiger partial charge is 0.396 e. The fraction of sp³-hybridized carbons (Fsp3) is 1.00. The number of hydrogen-bond acceptors (Lipinski definition) is 6. The molecule has 0 saturated heterocycles. The maximum Gasteiger partial charge on any atom is 0.0745 e. The lowest BCUT2D eigenvalue weighted by Crippen LogP contribution is -2.16. The van der Waals surface area contributed by atoms with E-state index in [-0.39, 0.29) is 18.6 Å². The van der Waals surface area contributed by atoms with Crippen molar-refractivity contribution in [2.24, 2.45) is 5.92 Å². The smallest absolute Gasteiger partial charge is 0.0745 e. The minimum absolute atomic E-state index is 0.139. The van der Waals surface area contributed by atoms with Gasteiger partial charge in [-0.1, -0.05) is 6.92 Å². The first kappa shape index (κ1) is 22.0. The first-order valence-corrected chi connectivity index (χ1v) is 7.10. The second-order valence-electron chi connectivity index (χ2n) is 5.24. The molecule has 0 fully saturated rings. The van der Waals surface area contributed by atoms with Crippen molar-refractivity contribution in [2.45, 2.75) is 52.4 Å². The minimum Gasteiger partial charge on any atom is -0.396 e. The molecule has 0 saturated carbocycles. The van der Waals surface area contributed by atoms with Gasteiger partial charge in [-0.25, -0.2) is 0 Å². The maximum atomic E-state index is 8.78. The van der Waals surface area contributed by atoms with Crippen molar-refractivity contribution in [3.8, 4) is 0 Å². The Morgan fingerprint density at radius 3 is 1.65 bits per heavy atom. The summed E-state index contributed by atoms with van der Waals surface area (Å²) in [5.74, 6) is 0.166. The van der Waals surface area contributed by atoms with Crippen LogP contribution in [0.25, 0.3) is 0 Å². The minimum atomic E-state index is -0.411. The molecule has 0 bridgehead atoms. The Balaban J connectivity index is 0. The normalized spacial score (nSPS) is 16.8. The third kappa shape index (κ3) is 22.9. The molecule has 4 unspecified atom stereocenters. The highest BCUT2D eigenvalue weighted by Crippen LogP contribution is 1.94. The molecule has 0 rings (SSSR count). The maximum absolute atomic E-state index is 8.78. The highest BCUT2D eigenvalue weighted by molar-refractivity contribution is 4.48. The van der Waals surface area contributed by atoms with E-state index in [0.29, 0.717) is 32.8 Å². The number of rotatable bonds is 10. The first-order chi connectivity index (χ1) is 9.29. The van der Waals surface area contributed by atoms with Gasteiger partial charge in [-0.15, -0.1) is 0 Å². The summed E-state index contributed by atoms with van der Waals surface area (Å²) in [5, 5.41) is 34.8. The molecule has 20 heavy (non-hydrogen) atoms. The Morgan fingerprint density at radius 2 is 1.25 bits per heavy atom. The summed E-state index contributed by atoms with van der Waals surface area (Å²) in [4.78, 5) is 0. The molecule has 6 heteroatoms. The van der Waals surface area contributed by atoms with Gasteiger partial charge in [0, 0.05) is 19.1 Å². The van der Waals surface area contributed by atoms with Crippen LogP contribution in [-0.2, 0) is 9.47 Å². The van der Waals surface area contributed by atoms with E-state index in [2.05, 4.69) is 0 Å². The monoisotopic (exact) mass is 296 g/mol. The van der Waals surface area contributed by atoms with E-state index in [1.165, 1.54) is 0 Å². The van der Waals surface area contributed by atoms with E-state index >= 15 is 0 Å². The zero-order chi connectivity index (χ0) is 16.0. The van der Waals surface area contributed by atoms with Crippen LogP contribution in [0.5, 0.6) is 0 Å². The highest BCUT2D eigenvalue weighted by Gasteiger charge is 2.00. The number of ether oxygens (including phenoxy) is 2. The van der Waals surface area contributed by atoms with Crippen LogP contribution in [0.2, 0.25) is 0 Å². The van der Waals surface area contributed by atoms with Gasteiger partial charge in [0.2, 0.25) is 0 Å². The lowest BCUT2D eigenvalue weighted by Gasteiger charge is -2.09. The van der Waals surface area contributed by atoms with Crippen LogP contribution in [0, 0.1) is 5.92 Å². The van der Waals surface area contributed by atoms with Gasteiger partial charge >= 0.3 is 0 Å². The van der Waals surface area contributed by atoms with Crippen LogP contribution < -0.4 is 0 Å². The van der Waals surface area contributed by atoms with Crippen LogP contribution in [0.4, 0.5) is 0 Å². The number of aliphatic hydroxyl groups is 4. The molecule has 6 nitrogen and oxygen atoms in total. The average molecular weight is 296 g/mol. The van der Waals surface area contributed by atoms with Crippen LogP contribution >= 0.6 is 0 Å². The predicted molar refractivity (Wildman–Crippen MR) is 77.5 cm³/mol. The first-order valence-electron chi connectivity index (χ1n) is 7.10. The topological polar surface area (TPSA) is 99.4 Å². The molecule has 0 aromatic heterocycles. The van der Waals surface area contributed by atoms with E-state index in [1.807, 2.05) is 6.92 Å². The third-order valence-electron chi connectivity index (χ3n) is 2.11. The van der Waals surface area contributed by atoms with Crippen molar-refractivity contribution in [1.29, 1.82) is 0 Å². The standard InChI is InChI=1S/2C7H16O3/c1-6(3-8)4-10-5-7(2)9;1-6(8)3-4-10-5-7(2)9/h2*6-9H,3-5H2,1-2H3. The summed E-state index contributed by atoms with van der Waals surface area (Å²) in [6, 6.07) is 0. The van der Waals surface area contributed by atoms with Crippen molar-refractivity contribution in [3.63, 3.8) is 0 Å². The molecule has 0 radical (unpaired) electrons. The van der Waals surface area contributed by atoms with Gasteiger partial charge in [0.1, 0.15) is 0 Å². The molecule has 4 N–H and O–H groups in total. The lowest BCUT2D eigenvalue weighted by atomic mass is 10.2. The van der Waals surface area contributed by atoms with E-state index in [9.17, 15) is 0 Å². The van der Waals surface area contributed by atoms with Crippen molar-refractivity contribution in [3.05, 3.63) is 0 Å². The van der Waals surface area contributed by atoms with E-state index < -0.39 is 12.2 Å². The molecule has 0 aromatic rings. The van der Waals surface area contributed by atoms with Gasteiger partial charge in [-0.2, -0.15) is 0 Å².